The molecule has 0 aliphatic heterocycles. The fourth-order valence-corrected chi connectivity index (χ4v) is 0.866. The van der Waals surface area contributed by atoms with E-state index in [1.807, 2.05) is 28.1 Å². The molecule has 0 saturated heterocycles. The normalized spacial score (nSPS) is 17.1. The van der Waals surface area contributed by atoms with Crippen LogP contribution in [-0.2, 0) is 4.79 Å². The number of aliphatic hydroxyl groups is 1. The van der Waals surface area contributed by atoms with Crippen molar-refractivity contribution in [1.29, 1.82) is 0 Å². The largest absolute Gasteiger partial charge is 0.481 e. The molecular formula is C8H18NO3+. The van der Waals surface area contributed by atoms with Crippen molar-refractivity contribution in [3.8, 4) is 0 Å². The van der Waals surface area contributed by atoms with Gasteiger partial charge in [-0.1, -0.05) is 0 Å². The molecule has 0 aliphatic rings. The SMILES string of the molecule is CC(C(O)CC(=O)O)[N+](C)(C)C. The summed E-state index contributed by atoms with van der Waals surface area (Å²) in [5.41, 5.74) is 0. The zero-order chi connectivity index (χ0) is 9.94. The standard InChI is InChI=1S/C8H17NO3/c1-6(9(2,3)4)7(10)5-8(11)12/h6-7,10H,5H2,1-4H3/p+1. The van der Waals surface area contributed by atoms with E-state index in [0.29, 0.717) is 4.48 Å². The van der Waals surface area contributed by atoms with Crippen LogP contribution in [0.3, 0.4) is 0 Å². The van der Waals surface area contributed by atoms with E-state index in [1.165, 1.54) is 0 Å². The molecule has 0 bridgehead atoms. The second-order valence-corrected chi connectivity index (χ2v) is 4.02. The average Bonchev–Trinajstić information content (AvgIpc) is 1.82. The van der Waals surface area contributed by atoms with Crippen molar-refractivity contribution in [3.05, 3.63) is 0 Å². The third-order valence-electron chi connectivity index (χ3n) is 2.16. The smallest absolute Gasteiger partial charge is 0.306 e. The minimum atomic E-state index is -0.956. The molecule has 2 N–H and O–H groups in total. The summed E-state index contributed by atoms with van der Waals surface area (Å²) in [6, 6.07) is -0.0684. The molecule has 0 aromatic heterocycles. The lowest BCUT2D eigenvalue weighted by Crippen LogP contribution is -2.50. The lowest BCUT2D eigenvalue weighted by Gasteiger charge is -2.34. The number of quaternary nitrogens is 1. The molecule has 0 heterocycles. The molecule has 0 radical (unpaired) electrons. The summed E-state index contributed by atoms with van der Waals surface area (Å²) >= 11 is 0. The predicted octanol–water partition coefficient (Wildman–Crippen LogP) is -0.0833. The zero-order valence-electron chi connectivity index (χ0n) is 8.11. The van der Waals surface area contributed by atoms with Gasteiger partial charge in [-0.05, 0) is 6.92 Å². The lowest BCUT2D eigenvalue weighted by molar-refractivity contribution is -0.897. The van der Waals surface area contributed by atoms with Crippen molar-refractivity contribution in [1.82, 2.24) is 0 Å². The van der Waals surface area contributed by atoms with E-state index in [4.69, 9.17) is 5.11 Å². The van der Waals surface area contributed by atoms with E-state index < -0.39 is 12.1 Å². The highest BCUT2D eigenvalue weighted by Gasteiger charge is 2.28. The first-order valence-corrected chi connectivity index (χ1v) is 3.96. The van der Waals surface area contributed by atoms with Crippen molar-refractivity contribution < 1.29 is 19.5 Å². The van der Waals surface area contributed by atoms with Crippen molar-refractivity contribution in [2.75, 3.05) is 21.1 Å². The highest BCUT2D eigenvalue weighted by molar-refractivity contribution is 5.67. The first-order valence-electron chi connectivity index (χ1n) is 3.96. The molecule has 0 rings (SSSR count). The molecule has 0 amide bonds. The fourth-order valence-electron chi connectivity index (χ4n) is 0.866. The van der Waals surface area contributed by atoms with Gasteiger partial charge in [-0.25, -0.2) is 0 Å². The Kier molecular flexibility index (Phi) is 3.67. The molecule has 72 valence electrons. The van der Waals surface area contributed by atoms with Gasteiger partial charge in [0.05, 0.1) is 27.6 Å². The van der Waals surface area contributed by atoms with Crippen molar-refractivity contribution in [3.63, 3.8) is 0 Å². The predicted molar refractivity (Wildman–Crippen MR) is 45.8 cm³/mol. The van der Waals surface area contributed by atoms with Crippen LogP contribution in [0, 0.1) is 0 Å². The second-order valence-electron chi connectivity index (χ2n) is 4.02. The van der Waals surface area contributed by atoms with Crippen LogP contribution in [0.4, 0.5) is 0 Å². The maximum Gasteiger partial charge on any atom is 0.306 e. The quantitative estimate of drug-likeness (QED) is 0.589. The summed E-state index contributed by atoms with van der Waals surface area (Å²) in [6.07, 6.45) is -0.959. The summed E-state index contributed by atoms with van der Waals surface area (Å²) in [6.45, 7) is 1.84. The number of rotatable bonds is 4. The van der Waals surface area contributed by atoms with Crippen LogP contribution in [0.5, 0.6) is 0 Å². The van der Waals surface area contributed by atoms with E-state index in [2.05, 4.69) is 0 Å². The Hall–Kier alpha value is -0.610. The van der Waals surface area contributed by atoms with Crippen LogP contribution < -0.4 is 0 Å². The maximum absolute atomic E-state index is 10.3. The molecule has 4 heteroatoms. The van der Waals surface area contributed by atoms with Gasteiger partial charge in [-0.15, -0.1) is 0 Å². The van der Waals surface area contributed by atoms with Crippen molar-refractivity contribution >= 4 is 5.97 Å². The molecule has 12 heavy (non-hydrogen) atoms. The number of carboxylic acid groups (broad SMARTS) is 1. The Bertz CT molecular complexity index is 162. The average molecular weight is 176 g/mol. The van der Waals surface area contributed by atoms with Gasteiger partial charge < -0.3 is 14.7 Å². The van der Waals surface area contributed by atoms with Gasteiger partial charge in [0.15, 0.2) is 0 Å². The molecule has 4 nitrogen and oxygen atoms in total. The maximum atomic E-state index is 10.3. The van der Waals surface area contributed by atoms with Gasteiger partial charge >= 0.3 is 5.97 Å². The fraction of sp³-hybridized carbons (Fsp3) is 0.875. The van der Waals surface area contributed by atoms with Gasteiger partial charge in [-0.3, -0.25) is 4.79 Å². The highest BCUT2D eigenvalue weighted by atomic mass is 16.4. The van der Waals surface area contributed by atoms with Gasteiger partial charge in [0.2, 0.25) is 0 Å². The van der Waals surface area contributed by atoms with Crippen LogP contribution in [-0.4, -0.2) is 54.0 Å². The number of aliphatic carboxylic acids is 1. The van der Waals surface area contributed by atoms with Crippen LogP contribution in [0.1, 0.15) is 13.3 Å². The van der Waals surface area contributed by atoms with Crippen molar-refractivity contribution in [2.24, 2.45) is 0 Å². The van der Waals surface area contributed by atoms with E-state index in [0.717, 1.165) is 0 Å². The summed E-state index contributed by atoms with van der Waals surface area (Å²) in [4.78, 5) is 10.3. The van der Waals surface area contributed by atoms with E-state index >= 15 is 0 Å². The summed E-state index contributed by atoms with van der Waals surface area (Å²) in [5, 5.41) is 17.9. The highest BCUT2D eigenvalue weighted by Crippen LogP contribution is 2.09. The Balaban J connectivity index is 4.10. The Morgan fingerprint density at radius 3 is 2.08 bits per heavy atom. The number of aliphatic hydroxyl groups excluding tert-OH is 1. The zero-order valence-corrected chi connectivity index (χ0v) is 8.11. The van der Waals surface area contributed by atoms with Gasteiger partial charge in [0.25, 0.3) is 0 Å². The first kappa shape index (κ1) is 11.4. The molecule has 2 atom stereocenters. The van der Waals surface area contributed by atoms with Crippen molar-refractivity contribution in [2.45, 2.75) is 25.5 Å². The third-order valence-corrected chi connectivity index (χ3v) is 2.16. The second kappa shape index (κ2) is 3.87. The summed E-state index contributed by atoms with van der Waals surface area (Å²) in [7, 11) is 5.78. The number of likely N-dealkylation sites (N-methyl/N-ethyl adjacent to an activating group) is 1. The van der Waals surface area contributed by atoms with Gasteiger partial charge in [0, 0.05) is 0 Å². The molecule has 0 fully saturated rings. The monoisotopic (exact) mass is 176 g/mol. The number of hydrogen-bond donors (Lipinski definition) is 2. The van der Waals surface area contributed by atoms with Crippen LogP contribution >= 0.6 is 0 Å². The Morgan fingerprint density at radius 1 is 1.42 bits per heavy atom. The molecule has 2 unspecified atom stereocenters. The number of hydrogen-bond acceptors (Lipinski definition) is 2. The van der Waals surface area contributed by atoms with Crippen LogP contribution in [0.15, 0.2) is 0 Å². The molecule has 0 aromatic rings. The molecule has 0 saturated carbocycles. The Morgan fingerprint density at radius 2 is 1.83 bits per heavy atom. The van der Waals surface area contributed by atoms with E-state index in [-0.39, 0.29) is 12.5 Å². The third kappa shape index (κ3) is 3.69. The number of carboxylic acids is 1. The molecule has 0 spiro atoms. The summed E-state index contributed by atoms with van der Waals surface area (Å²) in [5.74, 6) is -0.956. The first-order chi connectivity index (χ1) is 5.25. The van der Waals surface area contributed by atoms with Crippen LogP contribution in [0.2, 0.25) is 0 Å². The summed E-state index contributed by atoms with van der Waals surface area (Å²) < 4.78 is 0.564. The minimum Gasteiger partial charge on any atom is -0.481 e. The van der Waals surface area contributed by atoms with Gasteiger partial charge in [-0.2, -0.15) is 0 Å². The van der Waals surface area contributed by atoms with E-state index in [1.54, 1.807) is 0 Å². The van der Waals surface area contributed by atoms with Crippen LogP contribution in [0.25, 0.3) is 0 Å². The Labute approximate surface area is 73.0 Å². The molecular weight excluding hydrogens is 158 g/mol. The van der Waals surface area contributed by atoms with E-state index in [9.17, 15) is 9.90 Å². The molecule has 0 aromatic carbocycles. The van der Waals surface area contributed by atoms with Gasteiger partial charge in [0.1, 0.15) is 12.1 Å². The lowest BCUT2D eigenvalue weighted by atomic mass is 10.1. The molecule has 0 aliphatic carbocycles. The number of carbonyl (C=O) groups is 1. The topological polar surface area (TPSA) is 57.5 Å². The number of nitrogens with zero attached hydrogens (tertiary/aromatic N) is 1. The minimum absolute atomic E-state index is 0.0684.